The van der Waals surface area contributed by atoms with E-state index < -0.39 is 16.4 Å². The summed E-state index contributed by atoms with van der Waals surface area (Å²) in [5.74, 6) is -0.676. The van der Waals surface area contributed by atoms with Crippen molar-refractivity contribution in [2.24, 2.45) is 5.92 Å². The molecule has 0 aromatic heterocycles. The molecular formula is C13H11Cl2NO3. The highest BCUT2D eigenvalue weighted by Gasteiger charge is 2.35. The first-order valence-corrected chi connectivity index (χ1v) is 6.46. The van der Waals surface area contributed by atoms with Gasteiger partial charge < -0.3 is 4.90 Å². The van der Waals surface area contributed by atoms with E-state index in [2.05, 4.69) is 0 Å². The summed E-state index contributed by atoms with van der Waals surface area (Å²) in [5, 5.41) is -1.10. The summed E-state index contributed by atoms with van der Waals surface area (Å²) in [6.45, 7) is 2.06. The minimum absolute atomic E-state index is 0.0980. The van der Waals surface area contributed by atoms with Crippen molar-refractivity contribution in [3.05, 3.63) is 29.3 Å². The van der Waals surface area contributed by atoms with E-state index in [0.29, 0.717) is 11.3 Å². The van der Waals surface area contributed by atoms with Gasteiger partial charge in [-0.25, -0.2) is 0 Å². The summed E-state index contributed by atoms with van der Waals surface area (Å²) in [5.41, 5.74) is 1.74. The van der Waals surface area contributed by atoms with Gasteiger partial charge in [0.15, 0.2) is 0 Å². The summed E-state index contributed by atoms with van der Waals surface area (Å²) < 4.78 is 0. The zero-order valence-electron chi connectivity index (χ0n) is 10.2. The highest BCUT2D eigenvalue weighted by molar-refractivity contribution is 6.67. The normalized spacial score (nSPS) is 18.8. The van der Waals surface area contributed by atoms with E-state index in [4.69, 9.17) is 23.2 Å². The maximum atomic E-state index is 11.9. The fourth-order valence-corrected chi connectivity index (χ4v) is 2.38. The lowest BCUT2D eigenvalue weighted by atomic mass is 10.1. The molecular weight excluding hydrogens is 289 g/mol. The average molecular weight is 300 g/mol. The first-order valence-electron chi connectivity index (χ1n) is 5.70. The number of halogens is 2. The van der Waals surface area contributed by atoms with Crippen molar-refractivity contribution >= 4 is 45.3 Å². The van der Waals surface area contributed by atoms with Crippen LogP contribution in [0.5, 0.6) is 0 Å². The van der Waals surface area contributed by atoms with Gasteiger partial charge in [-0.15, -0.1) is 0 Å². The van der Waals surface area contributed by atoms with Gasteiger partial charge in [-0.05, 0) is 47.8 Å². The Morgan fingerprint density at radius 2 is 2.00 bits per heavy atom. The summed E-state index contributed by atoms with van der Waals surface area (Å²) >= 11 is 10.9. The second kappa shape index (κ2) is 5.31. The summed E-state index contributed by atoms with van der Waals surface area (Å²) in [4.78, 5) is 35.7. The minimum Gasteiger partial charge on any atom is -0.311 e. The van der Waals surface area contributed by atoms with Crippen LogP contribution in [-0.2, 0) is 9.59 Å². The largest absolute Gasteiger partial charge is 0.311 e. The van der Waals surface area contributed by atoms with E-state index in [1.807, 2.05) is 6.92 Å². The van der Waals surface area contributed by atoms with Crippen molar-refractivity contribution < 1.29 is 14.4 Å². The number of hydrogen-bond donors (Lipinski definition) is 0. The molecule has 1 fully saturated rings. The van der Waals surface area contributed by atoms with E-state index in [0.717, 1.165) is 5.56 Å². The molecule has 0 spiro atoms. The number of rotatable bonds is 3. The Bertz CT molecular complexity index is 571. The van der Waals surface area contributed by atoms with Gasteiger partial charge in [0.2, 0.25) is 11.1 Å². The van der Waals surface area contributed by atoms with Gasteiger partial charge in [-0.1, -0.05) is 6.07 Å². The molecule has 100 valence electrons. The number of aryl methyl sites for hydroxylation is 1. The van der Waals surface area contributed by atoms with Crippen molar-refractivity contribution in [3.63, 3.8) is 0 Å². The number of amides is 1. The van der Waals surface area contributed by atoms with Crippen molar-refractivity contribution in [2.75, 3.05) is 11.4 Å². The van der Waals surface area contributed by atoms with Gasteiger partial charge in [0.25, 0.3) is 5.24 Å². The zero-order valence-corrected chi connectivity index (χ0v) is 11.7. The van der Waals surface area contributed by atoms with Crippen LogP contribution in [-0.4, -0.2) is 22.9 Å². The Kier molecular flexibility index (Phi) is 3.92. The minimum atomic E-state index is -0.585. The lowest BCUT2D eigenvalue weighted by Crippen LogP contribution is -2.26. The molecule has 1 aliphatic rings. The molecule has 19 heavy (non-hydrogen) atoms. The van der Waals surface area contributed by atoms with Gasteiger partial charge >= 0.3 is 0 Å². The zero-order chi connectivity index (χ0) is 14.2. The lowest BCUT2D eigenvalue weighted by molar-refractivity contribution is -0.120. The van der Waals surface area contributed by atoms with Crippen LogP contribution in [0.1, 0.15) is 22.3 Å². The summed E-state index contributed by atoms with van der Waals surface area (Å²) in [7, 11) is 0. The lowest BCUT2D eigenvalue weighted by Gasteiger charge is -2.19. The van der Waals surface area contributed by atoms with Crippen molar-refractivity contribution in [1.82, 2.24) is 0 Å². The van der Waals surface area contributed by atoms with Gasteiger partial charge in [-0.2, -0.15) is 0 Å². The van der Waals surface area contributed by atoms with E-state index >= 15 is 0 Å². The standard InChI is InChI=1S/C13H11Cl2NO3/c1-7-2-3-8(12(14)18)4-10(7)16-6-9(13(15)19)5-11(16)17/h2-4,9H,5-6H2,1H3/t9-/m0/s1. The molecule has 2 rings (SSSR count). The average Bonchev–Trinajstić information content (AvgIpc) is 2.72. The molecule has 0 aliphatic carbocycles. The molecule has 1 atom stereocenters. The molecule has 0 radical (unpaired) electrons. The Morgan fingerprint density at radius 3 is 2.53 bits per heavy atom. The molecule has 0 unspecified atom stereocenters. The van der Waals surface area contributed by atoms with Crippen molar-refractivity contribution in [3.8, 4) is 0 Å². The predicted molar refractivity (Wildman–Crippen MR) is 72.7 cm³/mol. The SMILES string of the molecule is Cc1ccc(C(=O)Cl)cc1N1C[C@@H](C(=O)Cl)CC1=O. The number of benzene rings is 1. The molecule has 0 bridgehead atoms. The van der Waals surface area contributed by atoms with Crippen molar-refractivity contribution in [1.29, 1.82) is 0 Å². The number of carbonyl (C=O) groups is 3. The van der Waals surface area contributed by atoms with Crippen LogP contribution < -0.4 is 4.90 Å². The Balaban J connectivity index is 2.36. The van der Waals surface area contributed by atoms with Crippen LogP contribution in [0, 0.1) is 12.8 Å². The van der Waals surface area contributed by atoms with Crippen LogP contribution in [0.3, 0.4) is 0 Å². The number of nitrogens with zero attached hydrogens (tertiary/aromatic N) is 1. The van der Waals surface area contributed by atoms with Crippen LogP contribution in [0.25, 0.3) is 0 Å². The third kappa shape index (κ3) is 2.80. The molecule has 4 nitrogen and oxygen atoms in total. The van der Waals surface area contributed by atoms with Crippen LogP contribution in [0.15, 0.2) is 18.2 Å². The highest BCUT2D eigenvalue weighted by atomic mass is 35.5. The third-order valence-electron chi connectivity index (χ3n) is 3.17. The molecule has 1 heterocycles. The van der Waals surface area contributed by atoms with E-state index in [1.54, 1.807) is 18.2 Å². The Hall–Kier alpha value is -1.39. The fraction of sp³-hybridized carbons (Fsp3) is 0.308. The molecule has 1 aromatic rings. The highest BCUT2D eigenvalue weighted by Crippen LogP contribution is 2.30. The molecule has 1 aliphatic heterocycles. The Labute approximate surface area is 120 Å². The van der Waals surface area contributed by atoms with Gasteiger partial charge in [-0.3, -0.25) is 14.4 Å². The van der Waals surface area contributed by atoms with E-state index in [9.17, 15) is 14.4 Å². The molecule has 1 saturated heterocycles. The second-order valence-corrected chi connectivity index (χ2v) is 5.20. The maximum Gasteiger partial charge on any atom is 0.252 e. The molecule has 1 aromatic carbocycles. The smallest absolute Gasteiger partial charge is 0.252 e. The number of hydrogen-bond acceptors (Lipinski definition) is 3. The summed E-state index contributed by atoms with van der Waals surface area (Å²) in [6.07, 6.45) is 0.0980. The van der Waals surface area contributed by atoms with E-state index in [-0.39, 0.29) is 18.9 Å². The van der Waals surface area contributed by atoms with E-state index in [1.165, 1.54) is 4.90 Å². The van der Waals surface area contributed by atoms with Crippen LogP contribution in [0.4, 0.5) is 5.69 Å². The van der Waals surface area contributed by atoms with Gasteiger partial charge in [0, 0.05) is 24.2 Å². The summed E-state index contributed by atoms with van der Waals surface area (Å²) in [6, 6.07) is 4.87. The van der Waals surface area contributed by atoms with Crippen LogP contribution in [0.2, 0.25) is 0 Å². The van der Waals surface area contributed by atoms with Gasteiger partial charge in [0.05, 0.1) is 5.92 Å². The van der Waals surface area contributed by atoms with Gasteiger partial charge in [0.1, 0.15) is 0 Å². The van der Waals surface area contributed by atoms with Crippen molar-refractivity contribution in [2.45, 2.75) is 13.3 Å². The quantitative estimate of drug-likeness (QED) is 0.806. The number of carbonyl (C=O) groups excluding carboxylic acids is 3. The monoisotopic (exact) mass is 299 g/mol. The fourth-order valence-electron chi connectivity index (χ4n) is 2.11. The van der Waals surface area contributed by atoms with Crippen LogP contribution >= 0.6 is 23.2 Å². The third-order valence-corrected chi connectivity index (χ3v) is 3.70. The number of anilines is 1. The maximum absolute atomic E-state index is 11.9. The first-order chi connectivity index (χ1) is 8.90. The topological polar surface area (TPSA) is 54.5 Å². The molecule has 0 N–H and O–H groups in total. The Morgan fingerprint density at radius 1 is 1.32 bits per heavy atom. The molecule has 1 amide bonds. The molecule has 6 heteroatoms. The predicted octanol–water partition coefficient (Wildman–Crippen LogP) is 2.49. The molecule has 0 saturated carbocycles. The first kappa shape index (κ1) is 14.0. The second-order valence-electron chi connectivity index (χ2n) is 4.48.